The Labute approximate surface area is 228 Å². The van der Waals surface area contributed by atoms with E-state index in [-0.39, 0.29) is 22.7 Å². The molecule has 2 heterocycles. The Kier molecular flexibility index (Phi) is 5.42. The molecule has 0 N–H and O–H groups in total. The van der Waals surface area contributed by atoms with Crippen LogP contribution < -0.4 is 14.6 Å². The Morgan fingerprint density at radius 3 is 2.34 bits per heavy atom. The second-order valence-corrected chi connectivity index (χ2v) is 11.5. The first-order valence-electron chi connectivity index (χ1n) is 12.8. The highest BCUT2D eigenvalue weighted by Crippen LogP contribution is 2.50. The number of ketones is 1. The van der Waals surface area contributed by atoms with Crippen LogP contribution in [0.4, 0.5) is 5.69 Å². The van der Waals surface area contributed by atoms with Crippen LogP contribution in [-0.2, 0) is 11.3 Å². The molecule has 1 aliphatic heterocycles. The van der Waals surface area contributed by atoms with Crippen molar-refractivity contribution in [3.8, 4) is 0 Å². The van der Waals surface area contributed by atoms with Gasteiger partial charge in [0.2, 0.25) is 5.52 Å². The van der Waals surface area contributed by atoms with E-state index < -0.39 is 0 Å². The van der Waals surface area contributed by atoms with Crippen molar-refractivity contribution in [1.29, 1.82) is 0 Å². The minimum Gasteiger partial charge on any atom is -0.871 e. The van der Waals surface area contributed by atoms with E-state index in [0.717, 1.165) is 34.3 Å². The molecule has 1 aliphatic carbocycles. The highest BCUT2D eigenvalue weighted by Gasteiger charge is 2.32. The quantitative estimate of drug-likeness (QED) is 0.194. The van der Waals surface area contributed by atoms with Gasteiger partial charge in [-0.2, -0.15) is 4.57 Å². The van der Waals surface area contributed by atoms with E-state index in [0.29, 0.717) is 0 Å². The summed E-state index contributed by atoms with van der Waals surface area (Å²) < 4.78 is 3.36. The van der Waals surface area contributed by atoms with Gasteiger partial charge in [-0.1, -0.05) is 83.5 Å². The highest BCUT2D eigenvalue weighted by molar-refractivity contribution is 8.04. The molecule has 0 saturated heterocycles. The lowest BCUT2D eigenvalue weighted by atomic mass is 9.88. The van der Waals surface area contributed by atoms with Gasteiger partial charge in [-0.3, -0.25) is 4.79 Å². The molecule has 6 heteroatoms. The summed E-state index contributed by atoms with van der Waals surface area (Å²) in [5.41, 5.74) is 2.78. The van der Waals surface area contributed by atoms with Crippen LogP contribution in [0.15, 0.2) is 106 Å². The minimum absolute atomic E-state index is 0.176. The van der Waals surface area contributed by atoms with Gasteiger partial charge in [-0.15, -0.1) is 0 Å². The lowest BCUT2D eigenvalue weighted by molar-refractivity contribution is -0.665. The van der Waals surface area contributed by atoms with Crippen molar-refractivity contribution in [3.05, 3.63) is 106 Å². The number of aryl methyl sites for hydroxylation is 1. The number of thioether (sulfide) groups is 1. The van der Waals surface area contributed by atoms with E-state index in [1.54, 1.807) is 35.3 Å². The summed E-state index contributed by atoms with van der Waals surface area (Å²) in [7, 11) is 0. The lowest BCUT2D eigenvalue weighted by Gasteiger charge is -2.29. The van der Waals surface area contributed by atoms with E-state index in [1.807, 2.05) is 24.3 Å². The molecule has 4 aromatic carbocycles. The van der Waals surface area contributed by atoms with E-state index >= 15 is 0 Å². The molecule has 7 rings (SSSR count). The summed E-state index contributed by atoms with van der Waals surface area (Å²) >= 11 is 3.27. The second-order valence-electron chi connectivity index (χ2n) is 9.41. The Balaban J connectivity index is 1.29. The van der Waals surface area contributed by atoms with E-state index in [9.17, 15) is 9.90 Å². The Morgan fingerprint density at radius 1 is 0.895 bits per heavy atom. The fraction of sp³-hybridized carbons (Fsp3) is 0.125. The standard InChI is InChI=1S/C32H24N2O2S2/c1-3-33-25-15-13-19-9-5-7-11-21(19)31(25)37-27(33)17-23-29(35)24(30(23)36)18-28-34(4-2)26-16-14-20-10-6-8-12-22(20)32(26)38-28/h5-18H,3-4H2,1-2H3. The smallest absolute Gasteiger partial charge is 0.263 e. The maximum absolute atomic E-state index is 13.3. The molecular weight excluding hydrogens is 508 g/mol. The van der Waals surface area contributed by atoms with Crippen molar-refractivity contribution >= 4 is 72.4 Å². The molecule has 0 spiro atoms. The minimum atomic E-state index is -0.176. The molecule has 0 fully saturated rings. The SMILES string of the molecule is CCN1/C(=C/C2=C([O-])C(=C/c3sc4c5ccccc5ccc4[n+]3CC)/C2=O)Sc2c1ccc1ccccc21. The monoisotopic (exact) mass is 532 g/mol. The van der Waals surface area contributed by atoms with Crippen LogP contribution >= 0.6 is 23.1 Å². The first kappa shape index (κ1) is 23.3. The summed E-state index contributed by atoms with van der Waals surface area (Å²) in [5, 5.41) is 19.9. The Morgan fingerprint density at radius 2 is 1.61 bits per heavy atom. The zero-order chi connectivity index (χ0) is 26.0. The van der Waals surface area contributed by atoms with Gasteiger partial charge in [-0.05, 0) is 48.2 Å². The number of fused-ring (bicyclic) bond motifs is 6. The van der Waals surface area contributed by atoms with Gasteiger partial charge in [0.25, 0.3) is 5.01 Å². The topological polar surface area (TPSA) is 47.2 Å². The van der Waals surface area contributed by atoms with Crippen LogP contribution in [0.1, 0.15) is 18.9 Å². The molecule has 38 heavy (non-hydrogen) atoms. The van der Waals surface area contributed by atoms with Crippen molar-refractivity contribution in [1.82, 2.24) is 0 Å². The van der Waals surface area contributed by atoms with Crippen LogP contribution in [0, 0.1) is 0 Å². The molecular formula is C32H24N2O2S2. The third-order valence-corrected chi connectivity index (χ3v) is 9.75. The summed E-state index contributed by atoms with van der Waals surface area (Å²) in [6, 6.07) is 25.2. The maximum Gasteiger partial charge on any atom is 0.263 e. The van der Waals surface area contributed by atoms with Crippen LogP contribution in [0.5, 0.6) is 0 Å². The van der Waals surface area contributed by atoms with E-state index in [2.05, 4.69) is 71.8 Å². The summed E-state index contributed by atoms with van der Waals surface area (Å²) in [6.45, 7) is 5.70. The number of benzene rings is 4. The number of thiazole rings is 1. The molecule has 5 aromatic rings. The van der Waals surface area contributed by atoms with Gasteiger partial charge in [0.1, 0.15) is 11.2 Å². The molecule has 0 bridgehead atoms. The van der Waals surface area contributed by atoms with Crippen LogP contribution in [0.2, 0.25) is 0 Å². The third-order valence-electron chi connectivity index (χ3n) is 7.39. The van der Waals surface area contributed by atoms with Crippen molar-refractivity contribution < 1.29 is 14.5 Å². The summed E-state index contributed by atoms with van der Waals surface area (Å²) in [5.74, 6) is -0.352. The van der Waals surface area contributed by atoms with Gasteiger partial charge >= 0.3 is 0 Å². The first-order chi connectivity index (χ1) is 18.6. The van der Waals surface area contributed by atoms with Crippen LogP contribution in [0.3, 0.4) is 0 Å². The van der Waals surface area contributed by atoms with Gasteiger partial charge in [0, 0.05) is 40.1 Å². The van der Waals surface area contributed by atoms with Crippen molar-refractivity contribution in [2.75, 3.05) is 11.4 Å². The molecule has 186 valence electrons. The lowest BCUT2D eigenvalue weighted by Crippen LogP contribution is -2.35. The average Bonchev–Trinajstić information content (AvgIpc) is 3.51. The number of hydrogen-bond donors (Lipinski definition) is 0. The number of allylic oxidation sites excluding steroid dienone is 3. The maximum atomic E-state index is 13.3. The second kappa shape index (κ2) is 8.86. The predicted molar refractivity (Wildman–Crippen MR) is 156 cm³/mol. The normalized spacial score (nSPS) is 17.4. The first-order valence-corrected chi connectivity index (χ1v) is 14.4. The number of hydrogen-bond acceptors (Lipinski definition) is 5. The van der Waals surface area contributed by atoms with E-state index in [4.69, 9.17) is 0 Å². The van der Waals surface area contributed by atoms with Gasteiger partial charge in [0.15, 0.2) is 5.78 Å². The third kappa shape index (κ3) is 3.37. The fourth-order valence-corrected chi connectivity index (χ4v) is 8.07. The number of rotatable bonds is 4. The van der Waals surface area contributed by atoms with Crippen LogP contribution in [0.25, 0.3) is 37.8 Å². The van der Waals surface area contributed by atoms with Crippen molar-refractivity contribution in [3.63, 3.8) is 0 Å². The zero-order valence-corrected chi connectivity index (χ0v) is 22.7. The van der Waals surface area contributed by atoms with Crippen LogP contribution in [-0.4, -0.2) is 12.3 Å². The number of carbonyl (C=O) groups is 1. The molecule has 1 aromatic heterocycles. The molecule has 0 radical (unpaired) electrons. The Hall–Kier alpha value is -3.87. The number of nitrogens with zero attached hydrogens (tertiary/aromatic N) is 2. The van der Waals surface area contributed by atoms with E-state index in [1.165, 1.54) is 31.1 Å². The van der Waals surface area contributed by atoms with Gasteiger partial charge < -0.3 is 10.0 Å². The fourth-order valence-electron chi connectivity index (χ4n) is 5.47. The van der Waals surface area contributed by atoms with Crippen molar-refractivity contribution in [2.24, 2.45) is 0 Å². The molecule has 0 atom stereocenters. The molecule has 2 aliphatic rings. The highest BCUT2D eigenvalue weighted by atomic mass is 32.2. The predicted octanol–water partition coefficient (Wildman–Crippen LogP) is 6.57. The largest absolute Gasteiger partial charge is 0.871 e. The number of anilines is 1. The van der Waals surface area contributed by atoms with Crippen molar-refractivity contribution in [2.45, 2.75) is 25.3 Å². The summed E-state index contributed by atoms with van der Waals surface area (Å²) in [4.78, 5) is 16.6. The molecule has 4 nitrogen and oxygen atoms in total. The number of Topliss-reactive ketones (excluding diaryl/α,β-unsaturated/α-hetero) is 1. The van der Waals surface area contributed by atoms with Gasteiger partial charge in [-0.25, -0.2) is 0 Å². The van der Waals surface area contributed by atoms with Gasteiger partial charge in [0.05, 0.1) is 10.7 Å². The molecule has 0 saturated carbocycles. The summed E-state index contributed by atoms with van der Waals surface area (Å²) in [6.07, 6.45) is 3.58. The molecule has 0 unspecified atom stereocenters. The number of carbonyl (C=O) groups excluding carboxylic acids is 1. The zero-order valence-electron chi connectivity index (χ0n) is 21.0. The number of aromatic nitrogens is 1. The Bertz CT molecular complexity index is 1910. The average molecular weight is 533 g/mol. The molecule has 0 amide bonds.